The molecule has 3 rings (SSSR count). The van der Waals surface area contributed by atoms with Crippen LogP contribution in [0.2, 0.25) is 0 Å². The van der Waals surface area contributed by atoms with Crippen molar-refractivity contribution in [2.24, 2.45) is 0 Å². The molecule has 0 unspecified atom stereocenters. The van der Waals surface area contributed by atoms with Crippen LogP contribution in [0.5, 0.6) is 0 Å². The molecular formula is C21H18INO. The number of rotatable bonds is 3. The maximum atomic E-state index is 12.8. The molecule has 3 heteroatoms. The van der Waals surface area contributed by atoms with E-state index in [1.807, 2.05) is 68.6 Å². The van der Waals surface area contributed by atoms with Crippen molar-refractivity contribution in [3.63, 3.8) is 0 Å². The van der Waals surface area contributed by atoms with E-state index in [2.05, 4.69) is 40.8 Å². The number of anilines is 1. The predicted octanol–water partition coefficient (Wildman–Crippen LogP) is 5.54. The van der Waals surface area contributed by atoms with E-state index in [9.17, 15) is 4.79 Å². The van der Waals surface area contributed by atoms with Gasteiger partial charge in [-0.3, -0.25) is 4.79 Å². The van der Waals surface area contributed by atoms with Crippen molar-refractivity contribution in [3.8, 4) is 11.1 Å². The second kappa shape index (κ2) is 7.18. The average Bonchev–Trinajstić information content (AvgIpc) is 2.62. The summed E-state index contributed by atoms with van der Waals surface area (Å²) >= 11 is 2.33. The number of carbonyl (C=O) groups is 1. The van der Waals surface area contributed by atoms with E-state index in [0.29, 0.717) is 5.56 Å². The van der Waals surface area contributed by atoms with Gasteiger partial charge in [0.05, 0.1) is 5.69 Å². The first kappa shape index (κ1) is 16.7. The number of hydrogen-bond acceptors (Lipinski definition) is 1. The van der Waals surface area contributed by atoms with Crippen molar-refractivity contribution in [1.82, 2.24) is 0 Å². The third kappa shape index (κ3) is 3.36. The minimum Gasteiger partial charge on any atom is -0.311 e. The Kier molecular flexibility index (Phi) is 5.00. The van der Waals surface area contributed by atoms with E-state index < -0.39 is 0 Å². The molecule has 0 fully saturated rings. The van der Waals surface area contributed by atoms with Gasteiger partial charge in [-0.25, -0.2) is 0 Å². The normalized spacial score (nSPS) is 10.5. The van der Waals surface area contributed by atoms with Gasteiger partial charge in [0.1, 0.15) is 0 Å². The van der Waals surface area contributed by atoms with Crippen LogP contribution in [0.25, 0.3) is 11.1 Å². The third-order valence-electron chi connectivity index (χ3n) is 4.03. The fraction of sp³-hybridized carbons (Fsp3) is 0.0952. The molecule has 0 aromatic heterocycles. The summed E-state index contributed by atoms with van der Waals surface area (Å²) in [5.74, 6) is -0.00612. The van der Waals surface area contributed by atoms with Gasteiger partial charge in [-0.05, 0) is 59.3 Å². The molecule has 24 heavy (non-hydrogen) atoms. The molecule has 0 atom stereocenters. The Labute approximate surface area is 156 Å². The van der Waals surface area contributed by atoms with Crippen LogP contribution >= 0.6 is 22.6 Å². The summed E-state index contributed by atoms with van der Waals surface area (Å²) in [6.07, 6.45) is 0. The van der Waals surface area contributed by atoms with Crippen LogP contribution in [-0.4, -0.2) is 13.0 Å². The van der Waals surface area contributed by atoms with E-state index in [4.69, 9.17) is 0 Å². The summed E-state index contributed by atoms with van der Waals surface area (Å²) < 4.78 is 1.17. The molecular weight excluding hydrogens is 409 g/mol. The van der Waals surface area contributed by atoms with Gasteiger partial charge in [-0.2, -0.15) is 0 Å². The molecule has 0 aliphatic rings. The number of para-hydroxylation sites is 1. The first-order valence-corrected chi connectivity index (χ1v) is 8.84. The maximum absolute atomic E-state index is 12.8. The lowest BCUT2D eigenvalue weighted by Crippen LogP contribution is -2.26. The molecule has 3 aromatic rings. The van der Waals surface area contributed by atoms with Gasteiger partial charge in [0, 0.05) is 21.7 Å². The lowest BCUT2D eigenvalue weighted by molar-refractivity contribution is 0.0993. The molecule has 0 saturated carbocycles. The summed E-state index contributed by atoms with van der Waals surface area (Å²) in [5, 5.41) is 0. The van der Waals surface area contributed by atoms with Crippen molar-refractivity contribution >= 4 is 34.2 Å². The Morgan fingerprint density at radius 3 is 2.08 bits per heavy atom. The van der Waals surface area contributed by atoms with Crippen molar-refractivity contribution in [2.45, 2.75) is 6.92 Å². The molecule has 3 aromatic carbocycles. The van der Waals surface area contributed by atoms with Crippen LogP contribution in [0.1, 0.15) is 15.9 Å². The van der Waals surface area contributed by atoms with E-state index in [-0.39, 0.29) is 5.91 Å². The van der Waals surface area contributed by atoms with Gasteiger partial charge in [0.15, 0.2) is 0 Å². The van der Waals surface area contributed by atoms with Crippen LogP contribution in [0.4, 0.5) is 5.69 Å². The van der Waals surface area contributed by atoms with Gasteiger partial charge < -0.3 is 4.90 Å². The van der Waals surface area contributed by atoms with Gasteiger partial charge in [0.2, 0.25) is 0 Å². The van der Waals surface area contributed by atoms with Crippen molar-refractivity contribution in [2.75, 3.05) is 11.9 Å². The molecule has 120 valence electrons. The quantitative estimate of drug-likeness (QED) is 0.503. The fourth-order valence-electron chi connectivity index (χ4n) is 2.67. The summed E-state index contributed by atoms with van der Waals surface area (Å²) in [6, 6.07) is 23.9. The smallest absolute Gasteiger partial charge is 0.258 e. The van der Waals surface area contributed by atoms with Crippen LogP contribution in [-0.2, 0) is 0 Å². The Morgan fingerprint density at radius 1 is 0.833 bits per heavy atom. The number of benzene rings is 3. The van der Waals surface area contributed by atoms with Gasteiger partial charge >= 0.3 is 0 Å². The summed E-state index contributed by atoms with van der Waals surface area (Å²) in [4.78, 5) is 14.6. The fourth-order valence-corrected chi connectivity index (χ4v) is 3.35. The maximum Gasteiger partial charge on any atom is 0.258 e. The third-order valence-corrected chi connectivity index (χ3v) is 4.97. The highest BCUT2D eigenvalue weighted by Gasteiger charge is 2.17. The molecule has 0 aliphatic heterocycles. The summed E-state index contributed by atoms with van der Waals surface area (Å²) in [5.41, 5.74) is 4.95. The predicted molar refractivity (Wildman–Crippen MR) is 109 cm³/mol. The molecule has 0 heterocycles. The van der Waals surface area contributed by atoms with Crippen molar-refractivity contribution in [1.29, 1.82) is 0 Å². The monoisotopic (exact) mass is 427 g/mol. The van der Waals surface area contributed by atoms with Crippen LogP contribution < -0.4 is 4.90 Å². The highest BCUT2D eigenvalue weighted by atomic mass is 127. The molecule has 0 N–H and O–H groups in total. The highest BCUT2D eigenvalue weighted by Crippen LogP contribution is 2.33. The minimum absolute atomic E-state index is 0.00612. The first-order valence-electron chi connectivity index (χ1n) is 7.76. The molecule has 0 aliphatic carbocycles. The van der Waals surface area contributed by atoms with E-state index in [1.165, 1.54) is 3.57 Å². The minimum atomic E-state index is -0.00612. The van der Waals surface area contributed by atoms with E-state index >= 15 is 0 Å². The number of amides is 1. The zero-order chi connectivity index (χ0) is 17.1. The van der Waals surface area contributed by atoms with Crippen molar-refractivity contribution in [3.05, 3.63) is 87.5 Å². The van der Waals surface area contributed by atoms with E-state index in [0.717, 1.165) is 22.4 Å². The number of nitrogens with zero attached hydrogens (tertiary/aromatic N) is 1. The zero-order valence-corrected chi connectivity index (χ0v) is 15.8. The molecule has 0 spiro atoms. The Hall–Kier alpha value is -2.14. The Morgan fingerprint density at radius 2 is 1.42 bits per heavy atom. The number of halogens is 1. The average molecular weight is 427 g/mol. The second-order valence-corrected chi connectivity index (χ2v) is 6.89. The number of hydrogen-bond donors (Lipinski definition) is 0. The number of aryl methyl sites for hydroxylation is 1. The Bertz CT molecular complexity index is 871. The molecule has 0 radical (unpaired) electrons. The molecule has 0 bridgehead atoms. The molecule has 1 amide bonds. The van der Waals surface area contributed by atoms with Crippen LogP contribution in [0, 0.1) is 10.5 Å². The van der Waals surface area contributed by atoms with Crippen LogP contribution in [0.3, 0.4) is 0 Å². The largest absolute Gasteiger partial charge is 0.311 e. The summed E-state index contributed by atoms with van der Waals surface area (Å²) in [6.45, 7) is 2.02. The lowest BCUT2D eigenvalue weighted by Gasteiger charge is -2.21. The molecule has 2 nitrogen and oxygen atoms in total. The van der Waals surface area contributed by atoms with Gasteiger partial charge in [-0.1, -0.05) is 54.1 Å². The SMILES string of the molecule is Cc1ccc(C(=O)N(C)c2ccccc2-c2ccccc2I)cc1. The zero-order valence-electron chi connectivity index (χ0n) is 13.7. The standard InChI is InChI=1S/C21H18INO/c1-15-11-13-16(14-12-15)21(24)23(2)20-10-6-4-8-18(20)17-7-3-5-9-19(17)22/h3-14H,1-2H3. The van der Waals surface area contributed by atoms with E-state index in [1.54, 1.807) is 4.90 Å². The summed E-state index contributed by atoms with van der Waals surface area (Å²) in [7, 11) is 1.83. The van der Waals surface area contributed by atoms with Gasteiger partial charge in [0.25, 0.3) is 5.91 Å². The van der Waals surface area contributed by atoms with Gasteiger partial charge in [-0.15, -0.1) is 0 Å². The first-order chi connectivity index (χ1) is 11.6. The molecule has 0 saturated heterocycles. The van der Waals surface area contributed by atoms with Crippen molar-refractivity contribution < 1.29 is 4.79 Å². The Balaban J connectivity index is 2.02. The highest BCUT2D eigenvalue weighted by molar-refractivity contribution is 14.1. The topological polar surface area (TPSA) is 20.3 Å². The lowest BCUT2D eigenvalue weighted by atomic mass is 10.0. The van der Waals surface area contributed by atoms with Crippen LogP contribution in [0.15, 0.2) is 72.8 Å². The number of carbonyl (C=O) groups excluding carboxylic acids is 1. The second-order valence-electron chi connectivity index (χ2n) is 5.73.